The predicted molar refractivity (Wildman–Crippen MR) is 63.4 cm³/mol. The number of nitrogens with zero attached hydrogens (tertiary/aromatic N) is 1. The summed E-state index contributed by atoms with van der Waals surface area (Å²) < 4.78 is 4.49. The normalized spacial score (nSPS) is 13.6. The number of benzene rings is 1. The monoisotopic (exact) mass is 248 g/mol. The fourth-order valence-electron chi connectivity index (χ4n) is 1.72. The minimum atomic E-state index is -0.407. The van der Waals surface area contributed by atoms with Gasteiger partial charge in [0.1, 0.15) is 6.54 Å². The summed E-state index contributed by atoms with van der Waals surface area (Å²) in [5.74, 6) is -1.05. The molecule has 0 fully saturated rings. The Kier molecular flexibility index (Phi) is 3.01. The van der Waals surface area contributed by atoms with Gasteiger partial charge in [-0.1, -0.05) is 0 Å². The fraction of sp³-hybridized carbons (Fsp3) is 0.250. The van der Waals surface area contributed by atoms with E-state index in [9.17, 15) is 14.4 Å². The van der Waals surface area contributed by atoms with Crippen LogP contribution >= 0.6 is 0 Å². The van der Waals surface area contributed by atoms with Gasteiger partial charge in [0.15, 0.2) is 0 Å². The summed E-state index contributed by atoms with van der Waals surface area (Å²) in [6.45, 7) is 0.00721. The van der Waals surface area contributed by atoms with E-state index in [1.54, 1.807) is 18.2 Å². The molecule has 6 nitrogen and oxygen atoms in total. The van der Waals surface area contributed by atoms with Crippen molar-refractivity contribution in [3.8, 4) is 0 Å². The molecule has 0 saturated heterocycles. The number of hydrogen-bond acceptors (Lipinski definition) is 5. The number of imide groups is 1. The lowest BCUT2D eigenvalue weighted by Gasteiger charge is -2.05. The zero-order chi connectivity index (χ0) is 13.3. The molecule has 0 radical (unpaired) electrons. The van der Waals surface area contributed by atoms with Crippen LogP contribution in [-0.4, -0.2) is 43.4 Å². The van der Waals surface area contributed by atoms with Crippen LogP contribution in [0.4, 0.5) is 5.69 Å². The molecular weight excluding hydrogens is 236 g/mol. The SMILES string of the molecule is COC(=O)CNc1ccc2c(c1)C(=O)N(C)C2=O. The third kappa shape index (κ3) is 1.92. The zero-order valence-corrected chi connectivity index (χ0v) is 10.0. The van der Waals surface area contributed by atoms with Crippen LogP contribution in [0.1, 0.15) is 20.7 Å². The van der Waals surface area contributed by atoms with E-state index in [0.717, 1.165) is 4.90 Å². The number of carbonyl (C=O) groups is 3. The molecule has 1 aromatic carbocycles. The fourth-order valence-corrected chi connectivity index (χ4v) is 1.72. The Hall–Kier alpha value is -2.37. The van der Waals surface area contributed by atoms with E-state index in [1.165, 1.54) is 14.2 Å². The first-order valence-corrected chi connectivity index (χ1v) is 5.31. The van der Waals surface area contributed by atoms with Gasteiger partial charge in [-0.2, -0.15) is 0 Å². The molecule has 6 heteroatoms. The first kappa shape index (κ1) is 12.1. The lowest BCUT2D eigenvalue weighted by atomic mass is 10.1. The molecule has 0 aliphatic carbocycles. The van der Waals surface area contributed by atoms with Gasteiger partial charge in [0, 0.05) is 12.7 Å². The standard InChI is InChI=1S/C12H12N2O4/c1-14-11(16)8-4-3-7(5-9(8)12(14)17)13-6-10(15)18-2/h3-5,13H,6H2,1-2H3. The van der Waals surface area contributed by atoms with Crippen LogP contribution in [0.5, 0.6) is 0 Å². The van der Waals surface area contributed by atoms with Gasteiger partial charge in [0.05, 0.1) is 18.2 Å². The van der Waals surface area contributed by atoms with E-state index in [4.69, 9.17) is 0 Å². The molecule has 18 heavy (non-hydrogen) atoms. The molecule has 0 aromatic heterocycles. The Morgan fingerprint density at radius 3 is 2.61 bits per heavy atom. The minimum Gasteiger partial charge on any atom is -0.468 e. The molecule has 0 spiro atoms. The Morgan fingerprint density at radius 1 is 1.28 bits per heavy atom. The first-order chi connectivity index (χ1) is 8.54. The number of ether oxygens (including phenoxy) is 1. The summed E-state index contributed by atoms with van der Waals surface area (Å²) >= 11 is 0. The van der Waals surface area contributed by atoms with Gasteiger partial charge in [0.25, 0.3) is 11.8 Å². The van der Waals surface area contributed by atoms with Gasteiger partial charge in [0.2, 0.25) is 0 Å². The molecule has 1 heterocycles. The van der Waals surface area contributed by atoms with Gasteiger partial charge in [-0.25, -0.2) is 0 Å². The molecule has 1 N–H and O–H groups in total. The number of hydrogen-bond donors (Lipinski definition) is 1. The van der Waals surface area contributed by atoms with Crippen molar-refractivity contribution >= 4 is 23.5 Å². The third-order valence-corrected chi connectivity index (χ3v) is 2.75. The maximum absolute atomic E-state index is 11.7. The van der Waals surface area contributed by atoms with Crippen molar-refractivity contribution in [2.45, 2.75) is 0 Å². The third-order valence-electron chi connectivity index (χ3n) is 2.75. The van der Waals surface area contributed by atoms with Gasteiger partial charge in [-0.05, 0) is 18.2 Å². The van der Waals surface area contributed by atoms with Crippen LogP contribution in [0.15, 0.2) is 18.2 Å². The summed E-state index contributed by atoms with van der Waals surface area (Å²) in [6.07, 6.45) is 0. The highest BCUT2D eigenvalue weighted by molar-refractivity contribution is 6.21. The highest BCUT2D eigenvalue weighted by Gasteiger charge is 2.32. The molecule has 2 amide bonds. The average Bonchev–Trinajstić information content (AvgIpc) is 2.61. The summed E-state index contributed by atoms with van der Waals surface area (Å²) in [4.78, 5) is 35.4. The van der Waals surface area contributed by atoms with Crippen LogP contribution in [0.25, 0.3) is 0 Å². The summed E-state index contributed by atoms with van der Waals surface area (Å²) in [7, 11) is 2.73. The Bertz CT molecular complexity index is 539. The highest BCUT2D eigenvalue weighted by atomic mass is 16.5. The maximum Gasteiger partial charge on any atom is 0.325 e. The predicted octanol–water partition coefficient (Wildman–Crippen LogP) is 0.497. The first-order valence-electron chi connectivity index (χ1n) is 5.31. The largest absolute Gasteiger partial charge is 0.468 e. The number of carbonyl (C=O) groups excluding carboxylic acids is 3. The van der Waals surface area contributed by atoms with E-state index in [-0.39, 0.29) is 18.4 Å². The van der Waals surface area contributed by atoms with Crippen molar-refractivity contribution in [1.82, 2.24) is 4.90 Å². The number of amides is 2. The van der Waals surface area contributed by atoms with Gasteiger partial charge in [-0.3, -0.25) is 19.3 Å². The van der Waals surface area contributed by atoms with Crippen molar-refractivity contribution in [3.05, 3.63) is 29.3 Å². The molecule has 1 aromatic rings. The van der Waals surface area contributed by atoms with Crippen molar-refractivity contribution in [2.75, 3.05) is 26.0 Å². The van der Waals surface area contributed by atoms with Crippen molar-refractivity contribution in [2.24, 2.45) is 0 Å². The quantitative estimate of drug-likeness (QED) is 0.622. The van der Waals surface area contributed by atoms with Gasteiger partial charge >= 0.3 is 5.97 Å². The molecular formula is C12H12N2O4. The van der Waals surface area contributed by atoms with Gasteiger partial charge in [-0.15, -0.1) is 0 Å². The minimum absolute atomic E-state index is 0.00721. The molecule has 2 rings (SSSR count). The van der Waals surface area contributed by atoms with E-state index in [0.29, 0.717) is 16.8 Å². The van der Waals surface area contributed by atoms with Crippen LogP contribution < -0.4 is 5.32 Å². The average molecular weight is 248 g/mol. The molecule has 0 saturated carbocycles. The van der Waals surface area contributed by atoms with Crippen molar-refractivity contribution < 1.29 is 19.1 Å². The lowest BCUT2D eigenvalue weighted by molar-refractivity contribution is -0.138. The van der Waals surface area contributed by atoms with Crippen molar-refractivity contribution in [1.29, 1.82) is 0 Å². The van der Waals surface area contributed by atoms with E-state index < -0.39 is 5.97 Å². The van der Waals surface area contributed by atoms with Crippen LogP contribution in [0.3, 0.4) is 0 Å². The summed E-state index contributed by atoms with van der Waals surface area (Å²) in [5, 5.41) is 2.82. The summed E-state index contributed by atoms with van der Waals surface area (Å²) in [6, 6.07) is 4.77. The Labute approximate surface area is 104 Å². The highest BCUT2D eigenvalue weighted by Crippen LogP contribution is 2.24. The number of methoxy groups -OCH3 is 1. The smallest absolute Gasteiger partial charge is 0.325 e. The maximum atomic E-state index is 11.7. The second kappa shape index (κ2) is 4.48. The molecule has 94 valence electrons. The lowest BCUT2D eigenvalue weighted by Crippen LogP contribution is -2.24. The molecule has 0 bridgehead atoms. The molecule has 1 aliphatic rings. The van der Waals surface area contributed by atoms with Crippen LogP contribution in [0, 0.1) is 0 Å². The molecule has 0 atom stereocenters. The summed E-state index contributed by atoms with van der Waals surface area (Å²) in [5.41, 5.74) is 1.32. The number of fused-ring (bicyclic) bond motifs is 1. The number of rotatable bonds is 3. The van der Waals surface area contributed by atoms with Crippen LogP contribution in [-0.2, 0) is 9.53 Å². The van der Waals surface area contributed by atoms with E-state index in [1.807, 2.05) is 0 Å². The second-order valence-electron chi connectivity index (χ2n) is 3.86. The Morgan fingerprint density at radius 2 is 1.94 bits per heavy atom. The number of nitrogens with one attached hydrogen (secondary N) is 1. The number of anilines is 1. The van der Waals surface area contributed by atoms with E-state index >= 15 is 0 Å². The second-order valence-corrected chi connectivity index (χ2v) is 3.86. The molecule has 0 unspecified atom stereocenters. The van der Waals surface area contributed by atoms with Gasteiger partial charge < -0.3 is 10.1 Å². The molecule has 1 aliphatic heterocycles. The Balaban J connectivity index is 2.21. The number of esters is 1. The zero-order valence-electron chi connectivity index (χ0n) is 10.0. The topological polar surface area (TPSA) is 75.7 Å². The van der Waals surface area contributed by atoms with E-state index in [2.05, 4.69) is 10.1 Å². The van der Waals surface area contributed by atoms with Crippen LogP contribution in [0.2, 0.25) is 0 Å². The van der Waals surface area contributed by atoms with Crippen molar-refractivity contribution in [3.63, 3.8) is 0 Å².